The highest BCUT2D eigenvalue weighted by Crippen LogP contribution is 2.32. The minimum absolute atomic E-state index is 0.0449. The molecule has 0 aliphatic carbocycles. The second-order valence-electron chi connectivity index (χ2n) is 6.26. The summed E-state index contributed by atoms with van der Waals surface area (Å²) in [4.78, 5) is 14.3. The second-order valence-corrected chi connectivity index (χ2v) is 7.34. The van der Waals surface area contributed by atoms with Gasteiger partial charge in [-0.2, -0.15) is 0 Å². The standard InChI is InChI=1S/C18H20N2O2S/c1-22-13-4-2-3-11(9-13)16-7-8-17(23-16)18(21)20-15-10-12-5-6-14(15)19-12/h2-4,7-9,12,14-15,19H,5-6,10H2,1H3,(H,20,21). The van der Waals surface area contributed by atoms with E-state index in [1.165, 1.54) is 24.2 Å². The molecule has 2 fully saturated rings. The first-order valence-corrected chi connectivity index (χ1v) is 8.86. The maximum atomic E-state index is 12.5. The Hall–Kier alpha value is -1.85. The molecule has 1 aromatic carbocycles. The lowest BCUT2D eigenvalue weighted by Gasteiger charge is -2.20. The number of benzene rings is 1. The van der Waals surface area contributed by atoms with E-state index in [4.69, 9.17) is 4.74 Å². The highest BCUT2D eigenvalue weighted by molar-refractivity contribution is 7.17. The van der Waals surface area contributed by atoms with Crippen molar-refractivity contribution < 1.29 is 9.53 Å². The summed E-state index contributed by atoms with van der Waals surface area (Å²) in [6, 6.07) is 13.2. The molecule has 23 heavy (non-hydrogen) atoms. The fourth-order valence-electron chi connectivity index (χ4n) is 3.61. The number of rotatable bonds is 4. The molecule has 0 spiro atoms. The lowest BCUT2D eigenvalue weighted by Crippen LogP contribution is -2.42. The third kappa shape index (κ3) is 2.86. The molecule has 2 bridgehead atoms. The molecule has 2 N–H and O–H groups in total. The van der Waals surface area contributed by atoms with Crippen molar-refractivity contribution in [3.63, 3.8) is 0 Å². The van der Waals surface area contributed by atoms with Crippen molar-refractivity contribution in [2.24, 2.45) is 0 Å². The quantitative estimate of drug-likeness (QED) is 0.907. The Labute approximate surface area is 139 Å². The lowest BCUT2D eigenvalue weighted by molar-refractivity contribution is 0.0935. The van der Waals surface area contributed by atoms with E-state index in [1.807, 2.05) is 36.4 Å². The van der Waals surface area contributed by atoms with Gasteiger partial charge in [-0.15, -0.1) is 11.3 Å². The summed E-state index contributed by atoms with van der Waals surface area (Å²) < 4.78 is 5.27. The van der Waals surface area contributed by atoms with Gasteiger partial charge >= 0.3 is 0 Å². The first-order valence-electron chi connectivity index (χ1n) is 8.04. The predicted octanol–water partition coefficient (Wildman–Crippen LogP) is 3.05. The third-order valence-electron chi connectivity index (χ3n) is 4.80. The fraction of sp³-hybridized carbons (Fsp3) is 0.389. The van der Waals surface area contributed by atoms with Gasteiger partial charge in [-0.05, 0) is 49.1 Å². The van der Waals surface area contributed by atoms with Gasteiger partial charge in [-0.25, -0.2) is 0 Å². The van der Waals surface area contributed by atoms with Crippen LogP contribution in [0.2, 0.25) is 0 Å². The van der Waals surface area contributed by atoms with Gasteiger partial charge in [0.2, 0.25) is 0 Å². The van der Waals surface area contributed by atoms with E-state index in [-0.39, 0.29) is 11.9 Å². The summed E-state index contributed by atoms with van der Waals surface area (Å²) in [7, 11) is 1.66. The number of hydrogen-bond acceptors (Lipinski definition) is 4. The molecule has 2 aliphatic heterocycles. The Morgan fingerprint density at radius 2 is 2.22 bits per heavy atom. The van der Waals surface area contributed by atoms with Crippen molar-refractivity contribution in [2.75, 3.05) is 7.11 Å². The maximum absolute atomic E-state index is 12.5. The molecule has 3 heterocycles. The van der Waals surface area contributed by atoms with E-state index < -0.39 is 0 Å². The molecule has 2 saturated heterocycles. The average Bonchev–Trinajstić information content (AvgIpc) is 3.31. The highest BCUT2D eigenvalue weighted by atomic mass is 32.1. The molecular weight excluding hydrogens is 308 g/mol. The van der Waals surface area contributed by atoms with Crippen LogP contribution in [0.25, 0.3) is 10.4 Å². The van der Waals surface area contributed by atoms with E-state index in [0.29, 0.717) is 12.1 Å². The van der Waals surface area contributed by atoms with E-state index in [9.17, 15) is 4.79 Å². The van der Waals surface area contributed by atoms with Gasteiger partial charge in [-0.1, -0.05) is 12.1 Å². The summed E-state index contributed by atoms with van der Waals surface area (Å²) in [5, 5.41) is 6.75. The van der Waals surface area contributed by atoms with Crippen LogP contribution in [0.5, 0.6) is 5.75 Å². The zero-order chi connectivity index (χ0) is 15.8. The third-order valence-corrected chi connectivity index (χ3v) is 5.93. The van der Waals surface area contributed by atoms with Gasteiger partial charge in [0, 0.05) is 23.0 Å². The number of carbonyl (C=O) groups excluding carboxylic acids is 1. The van der Waals surface area contributed by atoms with Crippen LogP contribution in [0.1, 0.15) is 28.9 Å². The molecule has 2 aromatic rings. The number of fused-ring (bicyclic) bond motifs is 2. The van der Waals surface area contributed by atoms with Gasteiger partial charge in [0.15, 0.2) is 0 Å². The number of thiophene rings is 1. The van der Waals surface area contributed by atoms with Crippen LogP contribution in [0.4, 0.5) is 0 Å². The SMILES string of the molecule is COc1cccc(-c2ccc(C(=O)NC3CC4CCC3N4)s2)c1. The Morgan fingerprint density at radius 3 is 2.96 bits per heavy atom. The molecule has 3 atom stereocenters. The van der Waals surface area contributed by atoms with E-state index in [2.05, 4.69) is 10.6 Å². The minimum Gasteiger partial charge on any atom is -0.497 e. The number of hydrogen-bond donors (Lipinski definition) is 2. The van der Waals surface area contributed by atoms with Gasteiger partial charge in [0.25, 0.3) is 5.91 Å². The molecule has 2 aliphatic rings. The first-order chi connectivity index (χ1) is 11.2. The molecule has 1 amide bonds. The smallest absolute Gasteiger partial charge is 0.261 e. The van der Waals surface area contributed by atoms with E-state index in [0.717, 1.165) is 27.5 Å². The molecule has 0 radical (unpaired) electrons. The molecule has 120 valence electrons. The van der Waals surface area contributed by atoms with Crippen molar-refractivity contribution in [1.29, 1.82) is 0 Å². The zero-order valence-corrected chi connectivity index (χ0v) is 13.9. The van der Waals surface area contributed by atoms with Crippen molar-refractivity contribution in [1.82, 2.24) is 10.6 Å². The minimum atomic E-state index is 0.0449. The van der Waals surface area contributed by atoms with Crippen molar-refractivity contribution >= 4 is 17.2 Å². The zero-order valence-electron chi connectivity index (χ0n) is 13.0. The summed E-state index contributed by atoms with van der Waals surface area (Å²) in [6.45, 7) is 0. The topological polar surface area (TPSA) is 50.4 Å². The number of methoxy groups -OCH3 is 1. The van der Waals surface area contributed by atoms with Crippen molar-refractivity contribution in [3.8, 4) is 16.2 Å². The number of ether oxygens (including phenoxy) is 1. The largest absolute Gasteiger partial charge is 0.497 e. The van der Waals surface area contributed by atoms with Crippen LogP contribution in [0.3, 0.4) is 0 Å². The maximum Gasteiger partial charge on any atom is 0.261 e. The van der Waals surface area contributed by atoms with Crippen LogP contribution in [0.15, 0.2) is 36.4 Å². The van der Waals surface area contributed by atoms with Crippen LogP contribution < -0.4 is 15.4 Å². The van der Waals surface area contributed by atoms with Crippen LogP contribution >= 0.6 is 11.3 Å². The molecule has 4 rings (SSSR count). The molecule has 3 unspecified atom stereocenters. The van der Waals surface area contributed by atoms with Crippen LogP contribution in [-0.4, -0.2) is 31.1 Å². The van der Waals surface area contributed by atoms with Crippen molar-refractivity contribution in [2.45, 2.75) is 37.4 Å². The Kier molecular flexibility index (Phi) is 3.83. The average molecular weight is 328 g/mol. The summed E-state index contributed by atoms with van der Waals surface area (Å²) in [5.74, 6) is 0.874. The van der Waals surface area contributed by atoms with Gasteiger partial charge in [0.1, 0.15) is 5.75 Å². The lowest BCUT2D eigenvalue weighted by atomic mass is 9.95. The monoisotopic (exact) mass is 328 g/mol. The van der Waals surface area contributed by atoms with Gasteiger partial charge in [-0.3, -0.25) is 4.79 Å². The highest BCUT2D eigenvalue weighted by Gasteiger charge is 2.39. The first kappa shape index (κ1) is 14.7. The number of carbonyl (C=O) groups is 1. The van der Waals surface area contributed by atoms with Crippen molar-refractivity contribution in [3.05, 3.63) is 41.3 Å². The number of nitrogens with one attached hydrogen (secondary N) is 2. The Balaban J connectivity index is 1.47. The van der Waals surface area contributed by atoms with Gasteiger partial charge in [0.05, 0.1) is 12.0 Å². The summed E-state index contributed by atoms with van der Waals surface area (Å²) in [6.07, 6.45) is 3.48. The molecule has 0 saturated carbocycles. The second kappa shape index (κ2) is 5.98. The van der Waals surface area contributed by atoms with Crippen LogP contribution in [0, 0.1) is 0 Å². The molecule has 5 heteroatoms. The predicted molar refractivity (Wildman–Crippen MR) is 92.1 cm³/mol. The number of amides is 1. The Bertz CT molecular complexity index is 727. The molecule has 1 aromatic heterocycles. The fourth-order valence-corrected chi connectivity index (χ4v) is 4.52. The van der Waals surface area contributed by atoms with E-state index in [1.54, 1.807) is 7.11 Å². The van der Waals surface area contributed by atoms with E-state index >= 15 is 0 Å². The Morgan fingerprint density at radius 1 is 1.30 bits per heavy atom. The molecule has 4 nitrogen and oxygen atoms in total. The molecular formula is C18H20N2O2S. The van der Waals surface area contributed by atoms with Crippen LogP contribution in [-0.2, 0) is 0 Å². The summed E-state index contributed by atoms with van der Waals surface area (Å²) in [5.41, 5.74) is 1.08. The normalized spacial score (nSPS) is 25.5. The summed E-state index contributed by atoms with van der Waals surface area (Å²) >= 11 is 1.53. The van der Waals surface area contributed by atoms with Gasteiger partial charge < -0.3 is 15.4 Å².